The van der Waals surface area contributed by atoms with Gasteiger partial charge >= 0.3 is 0 Å². The molecule has 55 heavy (non-hydrogen) atoms. The van der Waals surface area contributed by atoms with Crippen molar-refractivity contribution in [3.63, 3.8) is 0 Å². The summed E-state index contributed by atoms with van der Waals surface area (Å²) in [4.78, 5) is 0. The van der Waals surface area contributed by atoms with Crippen LogP contribution in [0.15, 0.2) is 71.8 Å². The second kappa shape index (κ2) is 17.0. The normalized spacial score (nSPS) is 17.6. The molecular formula is C54H70Si. The molecule has 0 N–H and O–H groups in total. The molecule has 0 saturated heterocycles. The predicted molar refractivity (Wildman–Crippen MR) is 245 cm³/mol. The number of allylic oxidation sites excluding steroid dienone is 2. The Morgan fingerprint density at radius 1 is 0.473 bits per heavy atom. The number of rotatable bonds is 14. The van der Waals surface area contributed by atoms with Gasteiger partial charge in [-0.3, -0.25) is 0 Å². The smallest absolute Gasteiger partial charge is 0.0397 e. The molecule has 4 unspecified atom stereocenters. The van der Waals surface area contributed by atoms with Gasteiger partial charge in [-0.2, -0.15) is 0 Å². The van der Waals surface area contributed by atoms with Gasteiger partial charge in [-0.1, -0.05) is 179 Å². The Balaban J connectivity index is 1.36. The van der Waals surface area contributed by atoms with Crippen molar-refractivity contribution < 1.29 is 0 Å². The van der Waals surface area contributed by atoms with Crippen molar-refractivity contribution in [2.45, 2.75) is 157 Å². The van der Waals surface area contributed by atoms with E-state index in [2.05, 4.69) is 170 Å². The molecule has 0 spiro atoms. The molecule has 1 heteroatoms. The summed E-state index contributed by atoms with van der Waals surface area (Å²) in [6.07, 6.45) is 7.64. The van der Waals surface area contributed by atoms with Crippen molar-refractivity contribution in [2.75, 3.05) is 0 Å². The maximum absolute atomic E-state index is 2.64. The molecule has 6 rings (SSSR count). The minimum atomic E-state index is 0.499. The van der Waals surface area contributed by atoms with Crippen LogP contribution in [-0.4, -0.2) is 9.52 Å². The highest BCUT2D eigenvalue weighted by Crippen LogP contribution is 2.51. The van der Waals surface area contributed by atoms with Crippen LogP contribution in [0.25, 0.3) is 34.4 Å². The van der Waals surface area contributed by atoms with E-state index in [4.69, 9.17) is 0 Å². The van der Waals surface area contributed by atoms with Crippen molar-refractivity contribution in [1.29, 1.82) is 0 Å². The highest BCUT2D eigenvalue weighted by molar-refractivity contribution is 6.36. The maximum atomic E-state index is 2.64. The van der Waals surface area contributed by atoms with Crippen molar-refractivity contribution in [3.8, 4) is 22.3 Å². The number of hydrogen-bond donors (Lipinski definition) is 0. The number of hydrogen-bond acceptors (Lipinski definition) is 0. The molecule has 0 aromatic heterocycles. The molecule has 2 aliphatic carbocycles. The van der Waals surface area contributed by atoms with Crippen molar-refractivity contribution >= 4 is 21.7 Å². The highest BCUT2D eigenvalue weighted by atomic mass is 28.2. The van der Waals surface area contributed by atoms with Crippen LogP contribution in [0.3, 0.4) is 0 Å². The molecule has 2 radical (unpaired) electrons. The summed E-state index contributed by atoms with van der Waals surface area (Å²) in [5.41, 5.74) is 23.8. The van der Waals surface area contributed by atoms with Gasteiger partial charge in [0, 0.05) is 21.4 Å². The third-order valence-electron chi connectivity index (χ3n) is 13.4. The van der Waals surface area contributed by atoms with E-state index in [0.717, 1.165) is 9.52 Å². The number of benzene rings is 4. The Hall–Kier alpha value is -3.42. The van der Waals surface area contributed by atoms with Gasteiger partial charge in [0.25, 0.3) is 0 Å². The summed E-state index contributed by atoms with van der Waals surface area (Å²) in [6.45, 7) is 33.0. The van der Waals surface area contributed by atoms with Gasteiger partial charge < -0.3 is 0 Å². The average Bonchev–Trinajstić information content (AvgIpc) is 3.71. The van der Waals surface area contributed by atoms with E-state index in [-0.39, 0.29) is 0 Å². The first-order chi connectivity index (χ1) is 26.1. The Kier molecular flexibility index (Phi) is 12.7. The molecule has 0 fully saturated rings. The molecule has 4 aromatic rings. The Morgan fingerprint density at radius 2 is 0.800 bits per heavy atom. The van der Waals surface area contributed by atoms with Crippen LogP contribution in [0.2, 0.25) is 12.1 Å². The van der Waals surface area contributed by atoms with Crippen LogP contribution in [0, 0.1) is 25.7 Å². The second-order valence-corrected chi connectivity index (χ2v) is 19.9. The molecular weight excluding hydrogens is 677 g/mol. The molecule has 0 saturated carbocycles. The molecule has 0 heterocycles. The summed E-state index contributed by atoms with van der Waals surface area (Å²) in [5.74, 6) is 4.18. The third kappa shape index (κ3) is 8.21. The van der Waals surface area contributed by atoms with Crippen LogP contribution in [0.4, 0.5) is 0 Å². The van der Waals surface area contributed by atoms with Gasteiger partial charge in [-0.15, -0.1) is 0 Å². The van der Waals surface area contributed by atoms with E-state index in [1.807, 2.05) is 0 Å². The molecule has 0 aliphatic heterocycles. The minimum absolute atomic E-state index is 0.499. The molecule has 0 nitrogen and oxygen atoms in total. The van der Waals surface area contributed by atoms with E-state index >= 15 is 0 Å². The van der Waals surface area contributed by atoms with Crippen molar-refractivity contribution in [1.82, 2.24) is 0 Å². The summed E-state index contributed by atoms with van der Waals surface area (Å²) < 4.78 is 0. The standard InChI is InChI=1S/C54H70Si/c1-15-35(11)47-27-49-45(19-17-37(13)53(49)43-23-39(31(3)4)21-40(24-43)32(5)6)51(47)29-55-30-52-46-20-18-38(14)54(50(46)28-48(52)36(12)16-2)44-25-41(33(7)8)22-42(26-44)34(9)10/h17-28,31-36,51-52H,15-16,29-30H2,1-14H3. The zero-order chi connectivity index (χ0) is 39.9. The largest absolute Gasteiger partial charge is 0.0648 e. The lowest BCUT2D eigenvalue weighted by molar-refractivity contribution is 0.609. The lowest BCUT2D eigenvalue weighted by atomic mass is 9.85. The lowest BCUT2D eigenvalue weighted by Crippen LogP contribution is -2.12. The monoisotopic (exact) mass is 747 g/mol. The SMILES string of the molecule is CCC(C)C1=Cc2c(ccc(C)c2-c2cc(C(C)C)cc(C(C)C)c2)C1C[Si]CC1C(C(C)CC)=Cc2c1ccc(C)c2-c1cc(C(C)C)cc(C(C)C)c1. The average molecular weight is 747 g/mol. The van der Waals surface area contributed by atoms with Crippen LogP contribution in [0.1, 0.15) is 187 Å². The summed E-state index contributed by atoms with van der Waals surface area (Å²) in [7, 11) is 0.902. The molecule has 4 aromatic carbocycles. The Labute approximate surface area is 339 Å². The Morgan fingerprint density at radius 3 is 1.09 bits per heavy atom. The summed E-state index contributed by atoms with van der Waals surface area (Å²) in [6, 6.07) is 27.2. The summed E-state index contributed by atoms with van der Waals surface area (Å²) in [5, 5.41) is 0. The van der Waals surface area contributed by atoms with E-state index in [1.54, 1.807) is 22.3 Å². The van der Waals surface area contributed by atoms with Gasteiger partial charge in [-0.25, -0.2) is 0 Å². The van der Waals surface area contributed by atoms with Gasteiger partial charge in [0.2, 0.25) is 0 Å². The molecule has 0 bridgehead atoms. The maximum Gasteiger partial charge on any atom is 0.0397 e. The van der Waals surface area contributed by atoms with Crippen molar-refractivity contribution in [3.05, 3.63) is 127 Å². The Bertz CT molecular complexity index is 1880. The van der Waals surface area contributed by atoms with Crippen LogP contribution >= 0.6 is 0 Å². The third-order valence-corrected chi connectivity index (χ3v) is 14.8. The fourth-order valence-corrected chi connectivity index (χ4v) is 11.0. The van der Waals surface area contributed by atoms with Gasteiger partial charge in [0.15, 0.2) is 0 Å². The first kappa shape index (κ1) is 41.2. The van der Waals surface area contributed by atoms with Crippen molar-refractivity contribution in [2.24, 2.45) is 11.8 Å². The van der Waals surface area contributed by atoms with Gasteiger partial charge in [0.1, 0.15) is 0 Å². The second-order valence-electron chi connectivity index (χ2n) is 18.6. The first-order valence-electron chi connectivity index (χ1n) is 21.9. The molecule has 290 valence electrons. The fraction of sp³-hybridized carbons (Fsp3) is 0.481. The van der Waals surface area contributed by atoms with Gasteiger partial charge in [-0.05, 0) is 140 Å². The molecule has 2 aliphatic rings. The van der Waals surface area contributed by atoms with E-state index < -0.39 is 0 Å². The highest BCUT2D eigenvalue weighted by Gasteiger charge is 2.33. The molecule has 4 atom stereocenters. The predicted octanol–water partition coefficient (Wildman–Crippen LogP) is 16.4. The number of fused-ring (bicyclic) bond motifs is 2. The minimum Gasteiger partial charge on any atom is -0.0648 e. The fourth-order valence-electron chi connectivity index (χ4n) is 9.31. The topological polar surface area (TPSA) is 0 Å². The van der Waals surface area contributed by atoms with Crippen LogP contribution in [0.5, 0.6) is 0 Å². The van der Waals surface area contributed by atoms with E-state index in [1.165, 1.54) is 91.7 Å². The zero-order valence-corrected chi connectivity index (χ0v) is 37.9. The first-order valence-corrected chi connectivity index (χ1v) is 23.3. The number of aryl methyl sites for hydroxylation is 2. The van der Waals surface area contributed by atoms with E-state index in [9.17, 15) is 0 Å². The van der Waals surface area contributed by atoms with Gasteiger partial charge in [0.05, 0.1) is 0 Å². The van der Waals surface area contributed by atoms with Crippen LogP contribution < -0.4 is 0 Å². The van der Waals surface area contributed by atoms with Crippen LogP contribution in [-0.2, 0) is 0 Å². The lowest BCUT2D eigenvalue weighted by Gasteiger charge is -2.25. The molecule has 0 amide bonds. The van der Waals surface area contributed by atoms with E-state index in [0.29, 0.717) is 47.3 Å². The summed E-state index contributed by atoms with van der Waals surface area (Å²) >= 11 is 0. The zero-order valence-electron chi connectivity index (χ0n) is 36.9. The quantitative estimate of drug-likeness (QED) is 0.113.